The van der Waals surface area contributed by atoms with E-state index in [4.69, 9.17) is 16.3 Å². The normalized spacial score (nSPS) is 14.6. The summed E-state index contributed by atoms with van der Waals surface area (Å²) < 4.78 is 4.85. The lowest BCUT2D eigenvalue weighted by atomic mass is 10.1. The molecule has 9 nitrogen and oxygen atoms in total. The van der Waals surface area contributed by atoms with E-state index in [1.807, 2.05) is 0 Å². The molecule has 0 radical (unpaired) electrons. The van der Waals surface area contributed by atoms with Gasteiger partial charge in [0.25, 0.3) is 17.5 Å². The Balaban J connectivity index is 1.74. The van der Waals surface area contributed by atoms with Crippen molar-refractivity contribution in [2.24, 2.45) is 0 Å². The number of nitro benzene ring substituents is 1. The second-order valence-electron chi connectivity index (χ2n) is 6.52. The maximum Gasteiger partial charge on any atom is 0.325 e. The summed E-state index contributed by atoms with van der Waals surface area (Å²) >= 11 is 5.69. The number of nitro groups is 1. The van der Waals surface area contributed by atoms with E-state index in [1.165, 1.54) is 12.1 Å². The van der Waals surface area contributed by atoms with E-state index in [-0.39, 0.29) is 22.5 Å². The van der Waals surface area contributed by atoms with Crippen LogP contribution in [0.25, 0.3) is 0 Å². The van der Waals surface area contributed by atoms with Crippen molar-refractivity contribution in [3.63, 3.8) is 0 Å². The number of rotatable bonds is 7. The molecule has 0 unspecified atom stereocenters. The summed E-state index contributed by atoms with van der Waals surface area (Å²) in [6.45, 7) is -0.885. The van der Waals surface area contributed by atoms with E-state index in [0.29, 0.717) is 0 Å². The molecule has 2 amide bonds. The Kier molecular flexibility index (Phi) is 8.19. The number of halogens is 1. The monoisotopic (exact) mass is 411 g/mol. The highest BCUT2D eigenvalue weighted by Gasteiger charge is 2.18. The molecule has 0 bridgehead atoms. The summed E-state index contributed by atoms with van der Waals surface area (Å²) in [4.78, 5) is 45.7. The molecule has 1 aromatic carbocycles. The van der Waals surface area contributed by atoms with E-state index >= 15 is 0 Å². The van der Waals surface area contributed by atoms with E-state index in [2.05, 4.69) is 10.6 Å². The van der Waals surface area contributed by atoms with Crippen LogP contribution < -0.4 is 10.6 Å². The van der Waals surface area contributed by atoms with Crippen LogP contribution in [0.2, 0.25) is 5.02 Å². The van der Waals surface area contributed by atoms with Gasteiger partial charge in [-0.3, -0.25) is 24.5 Å². The third-order valence-electron chi connectivity index (χ3n) is 4.38. The molecule has 1 aliphatic carbocycles. The van der Waals surface area contributed by atoms with Gasteiger partial charge in [0, 0.05) is 17.7 Å². The molecule has 10 heteroatoms. The van der Waals surface area contributed by atoms with E-state index in [0.717, 1.165) is 44.6 Å². The van der Waals surface area contributed by atoms with Gasteiger partial charge in [-0.2, -0.15) is 0 Å². The molecule has 1 aliphatic rings. The first-order valence-electron chi connectivity index (χ1n) is 9.04. The van der Waals surface area contributed by atoms with Crippen molar-refractivity contribution in [3.8, 4) is 0 Å². The third-order valence-corrected chi connectivity index (χ3v) is 4.70. The smallest absolute Gasteiger partial charge is 0.325 e. The fraction of sp³-hybridized carbons (Fsp3) is 0.500. The number of hydrogen-bond acceptors (Lipinski definition) is 6. The van der Waals surface area contributed by atoms with Crippen molar-refractivity contribution >= 4 is 35.1 Å². The Hall–Kier alpha value is -2.68. The van der Waals surface area contributed by atoms with Gasteiger partial charge in [-0.1, -0.05) is 37.3 Å². The summed E-state index contributed by atoms with van der Waals surface area (Å²) in [6, 6.07) is 3.65. The predicted octanol–water partition coefficient (Wildman–Crippen LogP) is 2.36. The number of nitrogens with one attached hydrogen (secondary N) is 2. The minimum absolute atomic E-state index is 0.0185. The minimum Gasteiger partial charge on any atom is -0.454 e. The molecule has 152 valence electrons. The van der Waals surface area contributed by atoms with Gasteiger partial charge in [0.05, 0.1) is 4.92 Å². The molecule has 0 aromatic heterocycles. The Labute approximate surface area is 166 Å². The lowest BCUT2D eigenvalue weighted by molar-refractivity contribution is -0.384. The van der Waals surface area contributed by atoms with E-state index in [9.17, 15) is 24.5 Å². The van der Waals surface area contributed by atoms with Crippen molar-refractivity contribution in [2.45, 2.75) is 44.6 Å². The number of carbonyl (C=O) groups excluding carboxylic acids is 3. The molecule has 1 aromatic rings. The molecule has 0 saturated heterocycles. The molecular weight excluding hydrogens is 390 g/mol. The predicted molar refractivity (Wildman–Crippen MR) is 101 cm³/mol. The average Bonchev–Trinajstić information content (AvgIpc) is 2.93. The van der Waals surface area contributed by atoms with Crippen molar-refractivity contribution in [1.82, 2.24) is 10.6 Å². The number of ether oxygens (including phenoxy) is 1. The second kappa shape index (κ2) is 10.6. The third kappa shape index (κ3) is 6.80. The highest BCUT2D eigenvalue weighted by molar-refractivity contribution is 6.32. The largest absolute Gasteiger partial charge is 0.454 e. The van der Waals surface area contributed by atoms with Crippen LogP contribution in [0.3, 0.4) is 0 Å². The van der Waals surface area contributed by atoms with Crippen molar-refractivity contribution in [2.75, 3.05) is 13.2 Å². The van der Waals surface area contributed by atoms with Crippen molar-refractivity contribution in [3.05, 3.63) is 38.9 Å². The first-order valence-corrected chi connectivity index (χ1v) is 9.41. The lowest BCUT2D eigenvalue weighted by Gasteiger charge is -2.16. The van der Waals surface area contributed by atoms with Crippen LogP contribution in [0.15, 0.2) is 18.2 Å². The minimum atomic E-state index is -0.784. The molecule has 0 heterocycles. The maximum atomic E-state index is 12.0. The van der Waals surface area contributed by atoms with Gasteiger partial charge in [0.15, 0.2) is 6.61 Å². The zero-order chi connectivity index (χ0) is 20.5. The molecule has 0 atom stereocenters. The van der Waals surface area contributed by atoms with E-state index in [1.54, 1.807) is 0 Å². The number of hydrogen-bond donors (Lipinski definition) is 2. The average molecular weight is 412 g/mol. The molecule has 1 fully saturated rings. The Morgan fingerprint density at radius 1 is 1.18 bits per heavy atom. The quantitative estimate of drug-likeness (QED) is 0.307. The van der Waals surface area contributed by atoms with Crippen LogP contribution in [0.1, 0.15) is 48.9 Å². The van der Waals surface area contributed by atoms with Crippen LogP contribution in [0.5, 0.6) is 0 Å². The number of esters is 1. The molecule has 28 heavy (non-hydrogen) atoms. The van der Waals surface area contributed by atoms with Gasteiger partial charge in [-0.05, 0) is 25.0 Å². The zero-order valence-corrected chi connectivity index (χ0v) is 16.0. The van der Waals surface area contributed by atoms with Crippen LogP contribution >= 0.6 is 11.6 Å². The molecule has 2 rings (SSSR count). The number of carbonyl (C=O) groups is 3. The van der Waals surface area contributed by atoms with Gasteiger partial charge in [-0.25, -0.2) is 0 Å². The molecule has 0 spiro atoms. The fourth-order valence-electron chi connectivity index (χ4n) is 2.94. The highest BCUT2D eigenvalue weighted by atomic mass is 35.5. The first kappa shape index (κ1) is 21.6. The molecule has 2 N–H and O–H groups in total. The van der Waals surface area contributed by atoms with Gasteiger partial charge in [0.2, 0.25) is 0 Å². The van der Waals surface area contributed by atoms with E-state index < -0.39 is 35.6 Å². The Morgan fingerprint density at radius 2 is 1.86 bits per heavy atom. The van der Waals surface area contributed by atoms with Gasteiger partial charge in [-0.15, -0.1) is 0 Å². The summed E-state index contributed by atoms with van der Waals surface area (Å²) in [5.41, 5.74) is -0.429. The number of nitrogens with zero attached hydrogens (tertiary/aromatic N) is 1. The summed E-state index contributed by atoms with van der Waals surface area (Å²) in [5, 5.41) is 15.9. The zero-order valence-electron chi connectivity index (χ0n) is 15.2. The van der Waals surface area contributed by atoms with Gasteiger partial charge >= 0.3 is 5.97 Å². The van der Waals surface area contributed by atoms with Crippen LogP contribution in [0.4, 0.5) is 5.69 Å². The Bertz CT molecular complexity index is 747. The lowest BCUT2D eigenvalue weighted by Crippen LogP contribution is -2.38. The number of benzene rings is 1. The highest BCUT2D eigenvalue weighted by Crippen LogP contribution is 2.25. The molecule has 0 aliphatic heterocycles. The standard InChI is InChI=1S/C18H22ClN3O6/c19-14-8-7-12(9-15(14)22(26)27)18(25)20-10-17(24)28-11-16(23)21-13-5-3-1-2-4-6-13/h7-9,13H,1-6,10-11H2,(H,20,25)(H,21,23). The van der Waals surface area contributed by atoms with Crippen LogP contribution in [-0.4, -0.2) is 41.9 Å². The van der Waals surface area contributed by atoms with Crippen LogP contribution in [0, 0.1) is 10.1 Å². The van der Waals surface area contributed by atoms with Gasteiger partial charge < -0.3 is 15.4 Å². The molecular formula is C18H22ClN3O6. The van der Waals surface area contributed by atoms with Crippen LogP contribution in [-0.2, 0) is 14.3 Å². The summed E-state index contributed by atoms with van der Waals surface area (Å²) in [7, 11) is 0. The number of amides is 2. The Morgan fingerprint density at radius 3 is 2.50 bits per heavy atom. The maximum absolute atomic E-state index is 12.0. The first-order chi connectivity index (χ1) is 13.4. The summed E-state index contributed by atoms with van der Waals surface area (Å²) in [5.74, 6) is -1.85. The summed E-state index contributed by atoms with van der Waals surface area (Å²) in [6.07, 6.45) is 6.31. The second-order valence-corrected chi connectivity index (χ2v) is 6.93. The topological polar surface area (TPSA) is 128 Å². The van der Waals surface area contributed by atoms with Crippen molar-refractivity contribution < 1.29 is 24.0 Å². The van der Waals surface area contributed by atoms with Crippen molar-refractivity contribution in [1.29, 1.82) is 0 Å². The van der Waals surface area contributed by atoms with Gasteiger partial charge in [0.1, 0.15) is 11.6 Å². The SMILES string of the molecule is O=C(COC(=O)CNC(=O)c1ccc(Cl)c([N+](=O)[O-])c1)NC1CCCCCC1. The molecule has 1 saturated carbocycles. The fourth-order valence-corrected chi connectivity index (χ4v) is 3.12.